The Labute approximate surface area is 159 Å². The fourth-order valence-corrected chi connectivity index (χ4v) is 3.54. The normalized spacial score (nSPS) is 14.0. The molecule has 0 atom stereocenters. The monoisotopic (exact) mass is 369 g/mol. The number of benzene rings is 1. The Kier molecular flexibility index (Phi) is 5.99. The van der Waals surface area contributed by atoms with E-state index in [0.717, 1.165) is 42.4 Å². The molecule has 1 aromatic carbocycles. The summed E-state index contributed by atoms with van der Waals surface area (Å²) in [6.45, 7) is 6.23. The summed E-state index contributed by atoms with van der Waals surface area (Å²) >= 11 is 1.36. The fraction of sp³-hybridized carbons (Fsp3) is 0.333. The van der Waals surface area contributed by atoms with Gasteiger partial charge in [-0.05, 0) is 35.8 Å². The van der Waals surface area contributed by atoms with E-state index in [1.165, 1.54) is 22.9 Å². The number of allylic oxidation sites excluding steroid dienone is 1. The van der Waals surface area contributed by atoms with Crippen molar-refractivity contribution in [2.24, 2.45) is 0 Å². The summed E-state index contributed by atoms with van der Waals surface area (Å²) in [7, 11) is 2.10. The van der Waals surface area contributed by atoms with Crippen LogP contribution >= 0.6 is 11.8 Å². The van der Waals surface area contributed by atoms with Crippen LogP contribution in [0.1, 0.15) is 25.0 Å². The molecule has 3 rings (SSSR count). The minimum absolute atomic E-state index is 0.168. The lowest BCUT2D eigenvalue weighted by atomic mass is 10.0. The second-order valence-corrected chi connectivity index (χ2v) is 7.76. The molecule has 0 unspecified atom stereocenters. The SMILES string of the molecule is CC(=O)SCC[n+]1ccc(/C=C(\C)c2ccc3c(c2)OCCN3C)cc1. The van der Waals surface area contributed by atoms with E-state index in [0.29, 0.717) is 0 Å². The molecule has 0 spiro atoms. The van der Waals surface area contributed by atoms with Crippen molar-refractivity contribution in [3.05, 3.63) is 53.9 Å². The van der Waals surface area contributed by atoms with Gasteiger partial charge >= 0.3 is 0 Å². The molecule has 0 aliphatic carbocycles. The zero-order chi connectivity index (χ0) is 18.5. The van der Waals surface area contributed by atoms with Gasteiger partial charge in [-0.3, -0.25) is 4.79 Å². The van der Waals surface area contributed by atoms with Crippen LogP contribution in [0.15, 0.2) is 42.7 Å². The number of pyridine rings is 1. The van der Waals surface area contributed by atoms with Gasteiger partial charge in [0.25, 0.3) is 0 Å². The first-order chi connectivity index (χ1) is 12.5. The first-order valence-electron chi connectivity index (χ1n) is 8.82. The molecule has 0 fully saturated rings. The Balaban J connectivity index is 1.70. The van der Waals surface area contributed by atoms with Crippen LogP contribution in [0.2, 0.25) is 0 Å². The third-order valence-corrected chi connectivity index (χ3v) is 5.26. The molecule has 0 saturated heterocycles. The number of carbonyl (C=O) groups excluding carboxylic acids is 1. The lowest BCUT2D eigenvalue weighted by molar-refractivity contribution is -0.692. The van der Waals surface area contributed by atoms with Gasteiger partial charge in [0.05, 0.1) is 18.0 Å². The van der Waals surface area contributed by atoms with Gasteiger partial charge in [-0.15, -0.1) is 0 Å². The zero-order valence-corrected chi connectivity index (χ0v) is 16.4. The molecule has 1 aromatic heterocycles. The first-order valence-corrected chi connectivity index (χ1v) is 9.80. The second kappa shape index (κ2) is 8.41. The van der Waals surface area contributed by atoms with Crippen molar-refractivity contribution < 1.29 is 14.1 Å². The highest BCUT2D eigenvalue weighted by atomic mass is 32.2. The van der Waals surface area contributed by atoms with Crippen LogP contribution < -0.4 is 14.2 Å². The van der Waals surface area contributed by atoms with E-state index in [-0.39, 0.29) is 5.12 Å². The summed E-state index contributed by atoms with van der Waals surface area (Å²) in [5.41, 5.74) is 4.69. The molecule has 0 N–H and O–H groups in total. The number of rotatable bonds is 5. The maximum absolute atomic E-state index is 11.0. The van der Waals surface area contributed by atoms with Gasteiger partial charge in [-0.25, -0.2) is 4.57 Å². The van der Waals surface area contributed by atoms with E-state index in [4.69, 9.17) is 4.74 Å². The highest BCUT2D eigenvalue weighted by Crippen LogP contribution is 2.33. The van der Waals surface area contributed by atoms with Crippen molar-refractivity contribution in [3.8, 4) is 5.75 Å². The molecule has 0 radical (unpaired) electrons. The Morgan fingerprint density at radius 1 is 1.27 bits per heavy atom. The predicted molar refractivity (Wildman–Crippen MR) is 109 cm³/mol. The van der Waals surface area contributed by atoms with Gasteiger partial charge in [-0.2, -0.15) is 0 Å². The van der Waals surface area contributed by atoms with Gasteiger partial charge in [0, 0.05) is 26.1 Å². The molecule has 2 heterocycles. The number of hydrogen-bond acceptors (Lipinski definition) is 4. The van der Waals surface area contributed by atoms with Gasteiger partial charge in [0.15, 0.2) is 24.1 Å². The lowest BCUT2D eigenvalue weighted by Gasteiger charge is -2.28. The Morgan fingerprint density at radius 2 is 2.04 bits per heavy atom. The fourth-order valence-electron chi connectivity index (χ4n) is 2.95. The Hall–Kier alpha value is -2.27. The maximum atomic E-state index is 11.0. The number of aryl methyl sites for hydroxylation is 1. The number of carbonyl (C=O) groups is 1. The van der Waals surface area contributed by atoms with Gasteiger partial charge < -0.3 is 9.64 Å². The van der Waals surface area contributed by atoms with Gasteiger partial charge in [0.1, 0.15) is 12.4 Å². The quantitative estimate of drug-likeness (QED) is 0.754. The molecule has 0 amide bonds. The molecule has 26 heavy (non-hydrogen) atoms. The van der Waals surface area contributed by atoms with E-state index in [1.807, 2.05) is 0 Å². The van der Waals surface area contributed by atoms with Crippen LogP contribution in [0.5, 0.6) is 5.75 Å². The van der Waals surface area contributed by atoms with Crippen molar-refractivity contribution in [2.75, 3.05) is 30.9 Å². The third kappa shape index (κ3) is 4.67. The van der Waals surface area contributed by atoms with Crippen LogP contribution in [-0.4, -0.2) is 31.1 Å². The van der Waals surface area contributed by atoms with Gasteiger partial charge in [-0.1, -0.05) is 23.9 Å². The number of aromatic nitrogens is 1. The zero-order valence-electron chi connectivity index (χ0n) is 15.6. The molecule has 0 saturated carbocycles. The highest BCUT2D eigenvalue weighted by molar-refractivity contribution is 8.13. The number of thioether (sulfide) groups is 1. The Bertz CT molecular complexity index is 815. The highest BCUT2D eigenvalue weighted by Gasteiger charge is 2.15. The topological polar surface area (TPSA) is 33.4 Å². The van der Waals surface area contributed by atoms with Crippen molar-refractivity contribution in [1.29, 1.82) is 0 Å². The van der Waals surface area contributed by atoms with Crippen molar-refractivity contribution >= 4 is 34.2 Å². The number of likely N-dealkylation sites (N-methyl/N-ethyl adjacent to an activating group) is 1. The third-order valence-electron chi connectivity index (χ3n) is 4.47. The minimum Gasteiger partial charge on any atom is -0.490 e. The second-order valence-electron chi connectivity index (χ2n) is 6.49. The minimum atomic E-state index is 0.168. The van der Waals surface area contributed by atoms with E-state index in [2.05, 4.69) is 72.2 Å². The van der Waals surface area contributed by atoms with E-state index < -0.39 is 0 Å². The maximum Gasteiger partial charge on any atom is 0.186 e. The molecule has 2 aromatic rings. The largest absolute Gasteiger partial charge is 0.490 e. The number of hydrogen-bond donors (Lipinski definition) is 0. The lowest BCUT2D eigenvalue weighted by Crippen LogP contribution is -2.33. The van der Waals surface area contributed by atoms with Crippen molar-refractivity contribution in [3.63, 3.8) is 0 Å². The number of anilines is 1. The van der Waals surface area contributed by atoms with Crippen LogP contribution in [0.25, 0.3) is 11.6 Å². The van der Waals surface area contributed by atoms with Gasteiger partial charge in [0.2, 0.25) is 0 Å². The Morgan fingerprint density at radius 3 is 2.77 bits per heavy atom. The van der Waals surface area contributed by atoms with Crippen LogP contribution in [-0.2, 0) is 11.3 Å². The average Bonchev–Trinajstić information content (AvgIpc) is 2.63. The summed E-state index contributed by atoms with van der Waals surface area (Å²) < 4.78 is 7.91. The molecule has 1 aliphatic rings. The predicted octanol–water partition coefficient (Wildman–Crippen LogP) is 3.64. The number of fused-ring (bicyclic) bond motifs is 1. The first kappa shape index (κ1) is 18.5. The van der Waals surface area contributed by atoms with E-state index in [9.17, 15) is 4.79 Å². The van der Waals surface area contributed by atoms with E-state index >= 15 is 0 Å². The molecule has 136 valence electrons. The summed E-state index contributed by atoms with van der Waals surface area (Å²) in [5, 5.41) is 0.168. The molecule has 0 bridgehead atoms. The van der Waals surface area contributed by atoms with Crippen LogP contribution in [0.4, 0.5) is 5.69 Å². The van der Waals surface area contributed by atoms with Crippen molar-refractivity contribution in [2.45, 2.75) is 20.4 Å². The molecular formula is C21H25N2O2S+. The number of ether oxygens (including phenoxy) is 1. The van der Waals surface area contributed by atoms with E-state index in [1.54, 1.807) is 6.92 Å². The standard InChI is InChI=1S/C21H25N2O2S/c1-16(19-4-5-20-21(15-19)25-12-10-22(20)3)14-18-6-8-23(9-7-18)11-13-26-17(2)24/h4-9,14-15H,10-13H2,1-3H3/q+1. The van der Waals surface area contributed by atoms with Crippen molar-refractivity contribution in [1.82, 2.24) is 0 Å². The molecule has 5 heteroatoms. The average molecular weight is 370 g/mol. The smallest absolute Gasteiger partial charge is 0.186 e. The molecule has 1 aliphatic heterocycles. The van der Waals surface area contributed by atoms with Crippen LogP contribution in [0, 0.1) is 0 Å². The summed E-state index contributed by atoms with van der Waals surface area (Å²) in [6, 6.07) is 10.6. The summed E-state index contributed by atoms with van der Waals surface area (Å²) in [6.07, 6.45) is 6.30. The summed E-state index contributed by atoms with van der Waals surface area (Å²) in [4.78, 5) is 13.2. The summed E-state index contributed by atoms with van der Waals surface area (Å²) in [5.74, 6) is 1.76. The molecular weight excluding hydrogens is 344 g/mol. The van der Waals surface area contributed by atoms with Crippen LogP contribution in [0.3, 0.4) is 0 Å². The number of nitrogens with zero attached hydrogens (tertiary/aromatic N) is 2. The molecule has 4 nitrogen and oxygen atoms in total.